The van der Waals surface area contributed by atoms with Crippen LogP contribution < -0.4 is 5.69 Å². The Labute approximate surface area is 112 Å². The molecule has 0 aromatic carbocycles. The van der Waals surface area contributed by atoms with E-state index in [0.29, 0.717) is 12.2 Å². The summed E-state index contributed by atoms with van der Waals surface area (Å²) in [5, 5.41) is 4.37. The van der Waals surface area contributed by atoms with Gasteiger partial charge in [-0.25, -0.2) is 9.48 Å². The molecule has 0 fully saturated rings. The number of rotatable bonds is 5. The Morgan fingerprint density at radius 2 is 2.06 bits per heavy atom. The van der Waals surface area contributed by atoms with E-state index in [9.17, 15) is 4.79 Å². The summed E-state index contributed by atoms with van der Waals surface area (Å²) in [6.45, 7) is 4.91. The van der Waals surface area contributed by atoms with Crippen LogP contribution in [0.3, 0.4) is 0 Å². The van der Waals surface area contributed by atoms with E-state index < -0.39 is 0 Å². The lowest BCUT2D eigenvalue weighted by molar-refractivity contribution is 0.243. The molecule has 98 valence electrons. The van der Waals surface area contributed by atoms with Crippen LogP contribution in [-0.2, 0) is 6.54 Å². The van der Waals surface area contributed by atoms with Gasteiger partial charge in [0.15, 0.2) is 5.65 Å². The Kier molecular flexibility index (Phi) is 3.80. The molecule has 2 heterocycles. The van der Waals surface area contributed by atoms with E-state index >= 15 is 0 Å². The molecule has 0 aliphatic heterocycles. The molecule has 0 bridgehead atoms. The fraction of sp³-hybridized carbons (Fsp3) is 0.538. The minimum absolute atomic E-state index is 0.0465. The summed E-state index contributed by atoms with van der Waals surface area (Å²) in [5.74, 6) is 0.764. The number of nitrogens with zero attached hydrogens (tertiary/aromatic N) is 3. The van der Waals surface area contributed by atoms with E-state index in [-0.39, 0.29) is 11.1 Å². The lowest BCUT2D eigenvalue weighted by atomic mass is 9.84. The Morgan fingerprint density at radius 3 is 2.61 bits per heavy atom. The van der Waals surface area contributed by atoms with Gasteiger partial charge in [0.2, 0.25) is 0 Å². The standard InChI is InChI=1S/C13H19N3OS/c1-3-13(4-2,10-18)9-16-12(17)15-8-6-5-7-11(15)14-16/h5-8,18H,3-4,9-10H2,1-2H3. The van der Waals surface area contributed by atoms with Crippen LogP contribution in [0.5, 0.6) is 0 Å². The molecule has 4 nitrogen and oxygen atoms in total. The summed E-state index contributed by atoms with van der Waals surface area (Å²) in [6.07, 6.45) is 3.74. The average Bonchev–Trinajstić information content (AvgIpc) is 2.73. The van der Waals surface area contributed by atoms with Crippen molar-refractivity contribution in [1.29, 1.82) is 0 Å². The summed E-state index contributed by atoms with van der Waals surface area (Å²) in [6, 6.07) is 5.57. The van der Waals surface area contributed by atoms with Gasteiger partial charge in [0.25, 0.3) is 0 Å². The first-order valence-corrected chi connectivity index (χ1v) is 6.94. The highest BCUT2D eigenvalue weighted by atomic mass is 32.1. The van der Waals surface area contributed by atoms with E-state index in [0.717, 1.165) is 18.6 Å². The van der Waals surface area contributed by atoms with E-state index in [1.165, 1.54) is 0 Å². The molecule has 0 N–H and O–H groups in total. The Balaban J connectivity index is 2.43. The molecule has 0 radical (unpaired) electrons. The van der Waals surface area contributed by atoms with Crippen LogP contribution in [0.4, 0.5) is 0 Å². The van der Waals surface area contributed by atoms with Crippen LogP contribution >= 0.6 is 12.6 Å². The number of hydrogen-bond acceptors (Lipinski definition) is 3. The summed E-state index contributed by atoms with van der Waals surface area (Å²) < 4.78 is 3.15. The topological polar surface area (TPSA) is 39.3 Å². The number of aromatic nitrogens is 3. The summed E-state index contributed by atoms with van der Waals surface area (Å²) >= 11 is 4.44. The third kappa shape index (κ3) is 2.19. The quantitative estimate of drug-likeness (QED) is 0.842. The van der Waals surface area contributed by atoms with Gasteiger partial charge in [-0.3, -0.25) is 4.40 Å². The van der Waals surface area contributed by atoms with Gasteiger partial charge in [-0.2, -0.15) is 12.6 Å². The molecule has 0 unspecified atom stereocenters. The molecule has 0 atom stereocenters. The Hall–Kier alpha value is -1.23. The van der Waals surface area contributed by atoms with Gasteiger partial charge in [-0.15, -0.1) is 5.10 Å². The summed E-state index contributed by atoms with van der Waals surface area (Å²) in [4.78, 5) is 12.2. The van der Waals surface area contributed by atoms with Crippen molar-refractivity contribution in [3.8, 4) is 0 Å². The van der Waals surface area contributed by atoms with Crippen molar-refractivity contribution in [3.63, 3.8) is 0 Å². The SMILES string of the molecule is CCC(CC)(CS)Cn1nc2ccccn2c1=O. The summed E-state index contributed by atoms with van der Waals surface area (Å²) in [5.41, 5.74) is 0.673. The molecule has 0 spiro atoms. The first-order chi connectivity index (χ1) is 8.65. The molecule has 2 rings (SSSR count). The number of thiol groups is 1. The average molecular weight is 265 g/mol. The summed E-state index contributed by atoms with van der Waals surface area (Å²) in [7, 11) is 0. The molecular weight excluding hydrogens is 246 g/mol. The second kappa shape index (κ2) is 5.18. The van der Waals surface area contributed by atoms with Crippen LogP contribution in [0.15, 0.2) is 29.2 Å². The lowest BCUT2D eigenvalue weighted by Gasteiger charge is -2.28. The second-order valence-corrected chi connectivity index (χ2v) is 5.05. The molecule has 0 aliphatic carbocycles. The van der Waals surface area contributed by atoms with Gasteiger partial charge < -0.3 is 0 Å². The smallest absolute Gasteiger partial charge is 0.250 e. The third-order valence-electron chi connectivity index (χ3n) is 3.81. The van der Waals surface area contributed by atoms with Crippen LogP contribution in [0.1, 0.15) is 26.7 Å². The van der Waals surface area contributed by atoms with E-state index in [2.05, 4.69) is 31.6 Å². The molecule has 2 aromatic rings. The molecule has 0 saturated carbocycles. The van der Waals surface area contributed by atoms with Crippen LogP contribution in [-0.4, -0.2) is 19.9 Å². The number of fused-ring (bicyclic) bond motifs is 1. The normalized spacial score (nSPS) is 12.2. The maximum absolute atomic E-state index is 12.2. The van der Waals surface area contributed by atoms with Crippen molar-refractivity contribution in [2.45, 2.75) is 33.2 Å². The maximum Gasteiger partial charge on any atom is 0.350 e. The first-order valence-electron chi connectivity index (χ1n) is 6.31. The molecule has 0 saturated heterocycles. The minimum atomic E-state index is -0.0707. The van der Waals surface area contributed by atoms with Crippen molar-refractivity contribution in [1.82, 2.24) is 14.2 Å². The molecule has 2 aromatic heterocycles. The molecule has 0 aliphatic rings. The van der Waals surface area contributed by atoms with Crippen LogP contribution in [0, 0.1) is 5.41 Å². The zero-order chi connectivity index (χ0) is 13.2. The van der Waals surface area contributed by atoms with Crippen molar-refractivity contribution < 1.29 is 0 Å². The van der Waals surface area contributed by atoms with Gasteiger partial charge in [0.1, 0.15) is 0 Å². The van der Waals surface area contributed by atoms with Gasteiger partial charge in [0, 0.05) is 6.20 Å². The van der Waals surface area contributed by atoms with Gasteiger partial charge in [-0.1, -0.05) is 19.9 Å². The monoisotopic (exact) mass is 265 g/mol. The molecular formula is C13H19N3OS. The van der Waals surface area contributed by atoms with E-state index in [4.69, 9.17) is 0 Å². The zero-order valence-corrected chi connectivity index (χ0v) is 11.7. The third-order valence-corrected chi connectivity index (χ3v) is 4.48. The molecule has 0 amide bonds. The van der Waals surface area contributed by atoms with Crippen LogP contribution in [0.2, 0.25) is 0 Å². The fourth-order valence-corrected chi connectivity index (χ4v) is 2.68. The van der Waals surface area contributed by atoms with Crippen molar-refractivity contribution >= 4 is 18.3 Å². The maximum atomic E-state index is 12.2. The highest BCUT2D eigenvalue weighted by Crippen LogP contribution is 2.29. The zero-order valence-electron chi connectivity index (χ0n) is 10.8. The predicted molar refractivity (Wildman–Crippen MR) is 76.3 cm³/mol. The van der Waals surface area contributed by atoms with Crippen molar-refractivity contribution in [2.24, 2.45) is 5.41 Å². The highest BCUT2D eigenvalue weighted by Gasteiger charge is 2.26. The second-order valence-electron chi connectivity index (χ2n) is 4.73. The van der Waals surface area contributed by atoms with Crippen molar-refractivity contribution in [3.05, 3.63) is 34.9 Å². The number of hydrogen-bond donors (Lipinski definition) is 1. The van der Waals surface area contributed by atoms with Crippen LogP contribution in [0.25, 0.3) is 5.65 Å². The fourth-order valence-electron chi connectivity index (χ4n) is 2.14. The number of pyridine rings is 1. The predicted octanol–water partition coefficient (Wildman–Crippen LogP) is 2.23. The van der Waals surface area contributed by atoms with E-state index in [1.54, 1.807) is 15.3 Å². The van der Waals surface area contributed by atoms with Gasteiger partial charge in [-0.05, 0) is 36.1 Å². The Morgan fingerprint density at radius 1 is 1.33 bits per heavy atom. The molecule has 18 heavy (non-hydrogen) atoms. The highest BCUT2D eigenvalue weighted by molar-refractivity contribution is 7.80. The first kappa shape index (κ1) is 13.2. The van der Waals surface area contributed by atoms with E-state index in [1.807, 2.05) is 18.2 Å². The van der Waals surface area contributed by atoms with Gasteiger partial charge in [0.05, 0.1) is 6.54 Å². The van der Waals surface area contributed by atoms with Crippen molar-refractivity contribution in [2.75, 3.05) is 5.75 Å². The minimum Gasteiger partial charge on any atom is -0.250 e. The lowest BCUT2D eigenvalue weighted by Crippen LogP contribution is -2.33. The Bertz CT molecular complexity index is 575. The largest absolute Gasteiger partial charge is 0.350 e. The molecule has 5 heteroatoms. The van der Waals surface area contributed by atoms with Gasteiger partial charge >= 0.3 is 5.69 Å².